The highest BCUT2D eigenvalue weighted by molar-refractivity contribution is 7.89. The second-order valence-electron chi connectivity index (χ2n) is 5.40. The molecule has 0 amide bonds. The molecule has 0 radical (unpaired) electrons. The summed E-state index contributed by atoms with van der Waals surface area (Å²) in [5.74, 6) is 0. The van der Waals surface area contributed by atoms with Crippen LogP contribution in [0.25, 0.3) is 5.52 Å². The van der Waals surface area contributed by atoms with Crippen molar-refractivity contribution in [3.8, 4) is 6.07 Å². The molecular formula is C16H12N6O4S. The Morgan fingerprint density at radius 2 is 2.15 bits per heavy atom. The van der Waals surface area contributed by atoms with E-state index in [1.54, 1.807) is 18.3 Å². The first-order chi connectivity index (χ1) is 12.8. The number of hydrogen-bond donors (Lipinski definition) is 0. The van der Waals surface area contributed by atoms with E-state index in [-0.39, 0.29) is 10.6 Å². The molecule has 0 unspecified atom stereocenters. The van der Waals surface area contributed by atoms with Crippen LogP contribution in [-0.2, 0) is 10.0 Å². The van der Waals surface area contributed by atoms with E-state index in [0.29, 0.717) is 21.1 Å². The van der Waals surface area contributed by atoms with Crippen molar-refractivity contribution in [3.63, 3.8) is 0 Å². The Morgan fingerprint density at radius 1 is 1.37 bits per heavy atom. The first kappa shape index (κ1) is 18.0. The Kier molecular flexibility index (Phi) is 4.57. The maximum absolute atomic E-state index is 12.6. The van der Waals surface area contributed by atoms with Gasteiger partial charge in [0, 0.05) is 30.9 Å². The van der Waals surface area contributed by atoms with E-state index in [9.17, 15) is 18.5 Å². The second-order valence-corrected chi connectivity index (χ2v) is 7.35. The second kappa shape index (κ2) is 6.85. The predicted molar refractivity (Wildman–Crippen MR) is 95.5 cm³/mol. The van der Waals surface area contributed by atoms with Crippen LogP contribution in [0.5, 0.6) is 0 Å². The molecule has 27 heavy (non-hydrogen) atoms. The van der Waals surface area contributed by atoms with Crippen molar-refractivity contribution in [1.29, 1.82) is 5.26 Å². The fourth-order valence-electron chi connectivity index (χ4n) is 2.28. The summed E-state index contributed by atoms with van der Waals surface area (Å²) in [4.78, 5) is 9.92. The van der Waals surface area contributed by atoms with Gasteiger partial charge in [-0.3, -0.25) is 10.1 Å². The smallest absolute Gasteiger partial charge is 0.258 e. The summed E-state index contributed by atoms with van der Waals surface area (Å²) in [5, 5.41) is 27.8. The van der Waals surface area contributed by atoms with Crippen molar-refractivity contribution in [3.05, 3.63) is 70.0 Å². The predicted octanol–water partition coefficient (Wildman–Crippen LogP) is 1.77. The number of fused-ring (bicyclic) bond motifs is 1. The maximum atomic E-state index is 12.6. The summed E-state index contributed by atoms with van der Waals surface area (Å²) in [5.41, 5.74) is 1.18. The minimum Gasteiger partial charge on any atom is -0.258 e. The molecule has 11 heteroatoms. The fraction of sp³-hybridized carbons (Fsp3) is 0.0625. The first-order valence-corrected chi connectivity index (χ1v) is 8.92. The molecule has 2 aromatic heterocycles. The van der Waals surface area contributed by atoms with Crippen molar-refractivity contribution in [2.45, 2.75) is 4.90 Å². The van der Waals surface area contributed by atoms with E-state index >= 15 is 0 Å². The van der Waals surface area contributed by atoms with Crippen molar-refractivity contribution < 1.29 is 13.3 Å². The molecule has 0 aliphatic carbocycles. The van der Waals surface area contributed by atoms with Crippen LogP contribution in [0, 0.1) is 21.4 Å². The number of nitrogens with zero attached hydrogens (tertiary/aromatic N) is 6. The number of non-ortho nitro benzene ring substituents is 1. The Labute approximate surface area is 153 Å². The van der Waals surface area contributed by atoms with Crippen molar-refractivity contribution in [2.75, 3.05) is 7.05 Å². The van der Waals surface area contributed by atoms with Crippen LogP contribution in [0.15, 0.2) is 58.8 Å². The molecule has 0 bridgehead atoms. The van der Waals surface area contributed by atoms with Gasteiger partial charge >= 0.3 is 0 Å². The molecule has 0 aliphatic heterocycles. The zero-order valence-corrected chi connectivity index (χ0v) is 14.7. The molecular weight excluding hydrogens is 372 g/mol. The van der Waals surface area contributed by atoms with Gasteiger partial charge in [-0.25, -0.2) is 4.52 Å². The number of nitro benzene ring substituents is 1. The Bertz CT molecular complexity index is 1210. The number of hydrazone groups is 1. The molecule has 136 valence electrons. The topological polar surface area (TPSA) is 134 Å². The highest BCUT2D eigenvalue weighted by atomic mass is 32.2. The molecule has 3 aromatic rings. The van der Waals surface area contributed by atoms with Gasteiger partial charge in [0.05, 0.1) is 39.4 Å². The molecule has 3 rings (SSSR count). The molecule has 0 saturated carbocycles. The third-order valence-corrected chi connectivity index (χ3v) is 5.35. The van der Waals surface area contributed by atoms with Crippen molar-refractivity contribution in [2.24, 2.45) is 5.10 Å². The maximum Gasteiger partial charge on any atom is 0.278 e. The first-order valence-electron chi connectivity index (χ1n) is 7.48. The van der Waals surface area contributed by atoms with Crippen LogP contribution in [-0.4, -0.2) is 40.6 Å². The van der Waals surface area contributed by atoms with Gasteiger partial charge in [0.15, 0.2) is 0 Å². The van der Waals surface area contributed by atoms with Gasteiger partial charge in [0.25, 0.3) is 15.7 Å². The molecule has 1 aromatic carbocycles. The van der Waals surface area contributed by atoms with E-state index < -0.39 is 14.9 Å². The number of nitriles is 1. The molecule has 2 heterocycles. The third-order valence-electron chi connectivity index (χ3n) is 3.71. The number of pyridine rings is 1. The van der Waals surface area contributed by atoms with Gasteiger partial charge in [-0.1, -0.05) is 6.07 Å². The van der Waals surface area contributed by atoms with E-state index in [2.05, 4.69) is 10.2 Å². The zero-order chi connectivity index (χ0) is 19.6. The zero-order valence-electron chi connectivity index (χ0n) is 13.9. The lowest BCUT2D eigenvalue weighted by Crippen LogP contribution is -2.22. The van der Waals surface area contributed by atoms with E-state index in [1.165, 1.54) is 42.2 Å². The summed E-state index contributed by atoms with van der Waals surface area (Å²) >= 11 is 0. The Hall–Kier alpha value is -3.78. The fourth-order valence-corrected chi connectivity index (χ4v) is 3.28. The molecule has 0 N–H and O–H groups in total. The van der Waals surface area contributed by atoms with Gasteiger partial charge in [0.2, 0.25) is 0 Å². The van der Waals surface area contributed by atoms with Gasteiger partial charge in [-0.15, -0.1) is 0 Å². The minimum atomic E-state index is -4.06. The van der Waals surface area contributed by atoms with Crippen molar-refractivity contribution in [1.82, 2.24) is 14.0 Å². The monoisotopic (exact) mass is 384 g/mol. The van der Waals surface area contributed by atoms with Gasteiger partial charge < -0.3 is 0 Å². The van der Waals surface area contributed by atoms with Crippen LogP contribution in [0.4, 0.5) is 5.69 Å². The van der Waals surface area contributed by atoms with Crippen LogP contribution in [0.1, 0.15) is 11.1 Å². The average Bonchev–Trinajstić information content (AvgIpc) is 3.08. The Morgan fingerprint density at radius 3 is 2.85 bits per heavy atom. The van der Waals surface area contributed by atoms with Crippen LogP contribution in [0.2, 0.25) is 0 Å². The molecule has 10 nitrogen and oxygen atoms in total. The number of sulfonamides is 1. The molecule has 0 spiro atoms. The molecule has 0 aliphatic rings. The standard InChI is InChI=1S/C16H12N6O4S/c1-20(27(25,26)15-4-2-3-14(8-15)22(23)24)18-10-13-11-19-21-6-5-12(9-17)7-16(13)21/h2-8,10-11H,1H3/b18-10-. The Balaban J connectivity index is 1.92. The van der Waals surface area contributed by atoms with Crippen LogP contribution in [0.3, 0.4) is 0 Å². The van der Waals surface area contributed by atoms with Crippen LogP contribution >= 0.6 is 0 Å². The normalized spacial score (nSPS) is 11.6. The molecule has 0 atom stereocenters. The number of nitro groups is 1. The lowest BCUT2D eigenvalue weighted by molar-refractivity contribution is -0.385. The van der Waals surface area contributed by atoms with Gasteiger partial charge in [0.1, 0.15) is 0 Å². The van der Waals surface area contributed by atoms with E-state index in [0.717, 1.165) is 6.07 Å². The summed E-state index contributed by atoms with van der Waals surface area (Å²) in [6.07, 6.45) is 4.38. The number of hydrogen-bond acceptors (Lipinski definition) is 7. The van der Waals surface area contributed by atoms with Crippen LogP contribution < -0.4 is 0 Å². The van der Waals surface area contributed by atoms with Crippen molar-refractivity contribution >= 4 is 27.4 Å². The average molecular weight is 384 g/mol. The van der Waals surface area contributed by atoms with Gasteiger partial charge in [-0.05, 0) is 18.2 Å². The summed E-state index contributed by atoms with van der Waals surface area (Å²) < 4.78 is 27.3. The molecule has 0 fully saturated rings. The summed E-state index contributed by atoms with van der Waals surface area (Å²) in [6.45, 7) is 0. The largest absolute Gasteiger partial charge is 0.278 e. The number of aromatic nitrogens is 2. The van der Waals surface area contributed by atoms with E-state index in [4.69, 9.17) is 5.26 Å². The lowest BCUT2D eigenvalue weighted by atomic mass is 10.2. The summed E-state index contributed by atoms with van der Waals surface area (Å²) in [6, 6.07) is 9.92. The van der Waals surface area contributed by atoms with Gasteiger partial charge in [-0.2, -0.15) is 28.3 Å². The number of benzene rings is 1. The minimum absolute atomic E-state index is 0.247. The molecule has 0 saturated heterocycles. The lowest BCUT2D eigenvalue weighted by Gasteiger charge is -2.13. The summed E-state index contributed by atoms with van der Waals surface area (Å²) in [7, 11) is -2.84. The third kappa shape index (κ3) is 3.46. The number of rotatable bonds is 5. The quantitative estimate of drug-likeness (QED) is 0.374. The highest BCUT2D eigenvalue weighted by Crippen LogP contribution is 2.20. The highest BCUT2D eigenvalue weighted by Gasteiger charge is 2.21. The SMILES string of the molecule is CN(/N=C\c1cnn2ccc(C#N)cc12)S(=O)(=O)c1cccc([N+](=O)[O-])c1. The van der Waals surface area contributed by atoms with E-state index in [1.807, 2.05) is 6.07 Å².